The van der Waals surface area contributed by atoms with E-state index in [1.54, 1.807) is 0 Å². The van der Waals surface area contributed by atoms with Crippen molar-refractivity contribution in [2.24, 2.45) is 0 Å². The van der Waals surface area contributed by atoms with Gasteiger partial charge in [-0.05, 0) is 33.1 Å². The van der Waals surface area contributed by atoms with Crippen molar-refractivity contribution in [1.82, 2.24) is 15.3 Å². The maximum Gasteiger partial charge on any atom is 0.145 e. The first-order valence-electron chi connectivity index (χ1n) is 5.33. The van der Waals surface area contributed by atoms with E-state index < -0.39 is 0 Å². The van der Waals surface area contributed by atoms with Crippen LogP contribution in [0.15, 0.2) is 0 Å². The van der Waals surface area contributed by atoms with Crippen LogP contribution >= 0.6 is 11.8 Å². The van der Waals surface area contributed by atoms with Crippen molar-refractivity contribution in [3.63, 3.8) is 0 Å². The zero-order valence-corrected chi connectivity index (χ0v) is 10.3. The number of nitrogens with zero attached hydrogens (tertiary/aromatic N) is 2. The molecule has 3 nitrogen and oxygen atoms in total. The summed E-state index contributed by atoms with van der Waals surface area (Å²) in [5, 5.41) is 3.19. The highest BCUT2D eigenvalue weighted by Gasteiger charge is 2.17. The average molecular weight is 223 g/mol. The van der Waals surface area contributed by atoms with Crippen molar-refractivity contribution in [3.05, 3.63) is 22.8 Å². The Kier molecular flexibility index (Phi) is 3.26. The molecule has 1 aromatic rings. The number of aromatic nitrogens is 2. The number of nitrogens with one attached hydrogen (secondary N) is 1. The molecule has 4 heteroatoms. The van der Waals surface area contributed by atoms with Gasteiger partial charge in [-0.25, -0.2) is 9.97 Å². The second-order valence-corrected chi connectivity index (χ2v) is 5.01. The normalized spacial score (nSPS) is 17.3. The molecule has 0 saturated heterocycles. The Bertz CT molecular complexity index is 365. The minimum Gasteiger partial charge on any atom is -0.311 e. The van der Waals surface area contributed by atoms with E-state index in [2.05, 4.69) is 29.1 Å². The zero-order valence-electron chi connectivity index (χ0n) is 9.50. The topological polar surface area (TPSA) is 37.8 Å². The highest BCUT2D eigenvalue weighted by molar-refractivity contribution is 7.98. The van der Waals surface area contributed by atoms with Gasteiger partial charge in [0.25, 0.3) is 0 Å². The van der Waals surface area contributed by atoms with Crippen LogP contribution in [0.2, 0.25) is 0 Å². The Labute approximate surface area is 95.1 Å². The highest BCUT2D eigenvalue weighted by Crippen LogP contribution is 2.25. The predicted octanol–water partition coefficient (Wildman–Crippen LogP) is 1.85. The number of hydrogen-bond acceptors (Lipinski definition) is 4. The van der Waals surface area contributed by atoms with E-state index in [9.17, 15) is 0 Å². The van der Waals surface area contributed by atoms with Gasteiger partial charge in [-0.1, -0.05) is 0 Å². The van der Waals surface area contributed by atoms with Crippen molar-refractivity contribution in [2.45, 2.75) is 32.1 Å². The first-order chi connectivity index (χ1) is 7.22. The van der Waals surface area contributed by atoms with E-state index in [4.69, 9.17) is 0 Å². The van der Waals surface area contributed by atoms with Gasteiger partial charge in [-0.3, -0.25) is 0 Å². The van der Waals surface area contributed by atoms with Gasteiger partial charge in [-0.15, -0.1) is 0 Å². The second kappa shape index (κ2) is 4.49. The van der Waals surface area contributed by atoms with Crippen LogP contribution in [0, 0.1) is 6.92 Å². The first-order valence-corrected chi connectivity index (χ1v) is 6.49. The summed E-state index contributed by atoms with van der Waals surface area (Å²) in [5.41, 5.74) is 3.78. The monoisotopic (exact) mass is 223 g/mol. The van der Waals surface area contributed by atoms with Gasteiger partial charge in [0, 0.05) is 22.7 Å². The van der Waals surface area contributed by atoms with Crippen LogP contribution in [0.3, 0.4) is 0 Å². The molecule has 0 aromatic carbocycles. The minimum atomic E-state index is 0.239. The quantitative estimate of drug-likeness (QED) is 0.830. The number of aryl methyl sites for hydroxylation is 2. The van der Waals surface area contributed by atoms with E-state index >= 15 is 0 Å². The van der Waals surface area contributed by atoms with Crippen LogP contribution in [0.1, 0.15) is 35.7 Å². The van der Waals surface area contributed by atoms with E-state index in [0.29, 0.717) is 0 Å². The van der Waals surface area contributed by atoms with Crippen LogP contribution < -0.4 is 5.32 Å². The summed E-state index contributed by atoms with van der Waals surface area (Å²) in [6.07, 6.45) is 1.09. The molecule has 1 atom stereocenters. The minimum absolute atomic E-state index is 0.239. The Morgan fingerprint density at radius 1 is 1.40 bits per heavy atom. The molecular weight excluding hydrogens is 206 g/mol. The maximum absolute atomic E-state index is 4.66. The van der Waals surface area contributed by atoms with Gasteiger partial charge in [-0.2, -0.15) is 11.8 Å². The number of hydrogen-bond donors (Lipinski definition) is 1. The van der Waals surface area contributed by atoms with Crippen LogP contribution in [0.4, 0.5) is 0 Å². The Balaban J connectivity index is 2.40. The molecule has 1 aliphatic rings. The van der Waals surface area contributed by atoms with Gasteiger partial charge in [0.1, 0.15) is 5.82 Å². The average Bonchev–Trinajstić information content (AvgIpc) is 2.28. The summed E-state index contributed by atoms with van der Waals surface area (Å²) in [5.74, 6) is 3.20. The van der Waals surface area contributed by atoms with Gasteiger partial charge < -0.3 is 5.32 Å². The molecule has 2 rings (SSSR count). The van der Waals surface area contributed by atoms with Gasteiger partial charge in [0.2, 0.25) is 0 Å². The molecule has 0 fully saturated rings. The first kappa shape index (κ1) is 10.9. The smallest absolute Gasteiger partial charge is 0.145 e. The molecule has 0 amide bonds. The standard InChI is InChI=1S/C11H17N3S/c1-7-9-6-15-5-4-10(9)14-11(13-7)8(2)12-3/h8,12H,4-6H2,1-3H3. The van der Waals surface area contributed by atoms with E-state index in [0.717, 1.165) is 23.7 Å². The van der Waals surface area contributed by atoms with E-state index in [1.807, 2.05) is 18.8 Å². The summed E-state index contributed by atoms with van der Waals surface area (Å²) in [6.45, 7) is 4.19. The number of rotatable bonds is 2. The summed E-state index contributed by atoms with van der Waals surface area (Å²) >= 11 is 1.98. The number of thioether (sulfide) groups is 1. The van der Waals surface area contributed by atoms with Crippen molar-refractivity contribution in [1.29, 1.82) is 0 Å². The summed E-state index contributed by atoms with van der Waals surface area (Å²) < 4.78 is 0. The van der Waals surface area contributed by atoms with Crippen LogP contribution in [-0.4, -0.2) is 22.8 Å². The largest absolute Gasteiger partial charge is 0.311 e. The fourth-order valence-electron chi connectivity index (χ4n) is 1.74. The molecular formula is C11H17N3S. The molecule has 0 bridgehead atoms. The molecule has 0 saturated carbocycles. The molecule has 1 N–H and O–H groups in total. The molecule has 82 valence electrons. The van der Waals surface area contributed by atoms with Crippen molar-refractivity contribution in [3.8, 4) is 0 Å². The van der Waals surface area contributed by atoms with Crippen LogP contribution in [-0.2, 0) is 12.2 Å². The van der Waals surface area contributed by atoms with Gasteiger partial charge in [0.15, 0.2) is 0 Å². The molecule has 1 unspecified atom stereocenters. The molecule has 0 aliphatic carbocycles. The van der Waals surface area contributed by atoms with Gasteiger partial charge in [0.05, 0.1) is 6.04 Å². The van der Waals surface area contributed by atoms with Crippen molar-refractivity contribution >= 4 is 11.8 Å². The lowest BCUT2D eigenvalue weighted by Gasteiger charge is -2.19. The fraction of sp³-hybridized carbons (Fsp3) is 0.636. The Hall–Kier alpha value is -0.610. The molecule has 1 aromatic heterocycles. The second-order valence-electron chi connectivity index (χ2n) is 3.91. The van der Waals surface area contributed by atoms with Crippen LogP contribution in [0.25, 0.3) is 0 Å². The zero-order chi connectivity index (χ0) is 10.8. The third-order valence-corrected chi connectivity index (χ3v) is 3.85. The lowest BCUT2D eigenvalue weighted by molar-refractivity contribution is 0.601. The van der Waals surface area contributed by atoms with E-state index in [-0.39, 0.29) is 6.04 Å². The molecule has 1 aliphatic heterocycles. The predicted molar refractivity (Wildman–Crippen MR) is 64.1 cm³/mol. The fourth-order valence-corrected chi connectivity index (χ4v) is 2.80. The van der Waals surface area contributed by atoms with Gasteiger partial charge >= 0.3 is 0 Å². The molecule has 0 radical (unpaired) electrons. The maximum atomic E-state index is 4.66. The SMILES string of the molecule is CNC(C)c1nc(C)c2c(n1)CCSC2. The van der Waals surface area contributed by atoms with E-state index in [1.165, 1.54) is 17.0 Å². The molecule has 2 heterocycles. The highest BCUT2D eigenvalue weighted by atomic mass is 32.2. The lowest BCUT2D eigenvalue weighted by Crippen LogP contribution is -2.19. The van der Waals surface area contributed by atoms with Crippen molar-refractivity contribution in [2.75, 3.05) is 12.8 Å². The molecule has 15 heavy (non-hydrogen) atoms. The summed E-state index contributed by atoms with van der Waals surface area (Å²) in [6, 6.07) is 0.239. The number of fused-ring (bicyclic) bond motifs is 1. The summed E-state index contributed by atoms with van der Waals surface area (Å²) in [7, 11) is 1.94. The van der Waals surface area contributed by atoms with Crippen molar-refractivity contribution < 1.29 is 0 Å². The lowest BCUT2D eigenvalue weighted by atomic mass is 10.1. The Morgan fingerprint density at radius 3 is 2.93 bits per heavy atom. The molecule has 0 spiro atoms. The Morgan fingerprint density at radius 2 is 2.20 bits per heavy atom. The third kappa shape index (κ3) is 2.16. The summed E-state index contributed by atoms with van der Waals surface area (Å²) in [4.78, 5) is 9.23. The third-order valence-electron chi connectivity index (χ3n) is 2.87. The van der Waals surface area contributed by atoms with Crippen LogP contribution in [0.5, 0.6) is 0 Å².